The first kappa shape index (κ1) is 17.4. The quantitative estimate of drug-likeness (QED) is 0.694. The smallest absolute Gasteiger partial charge is 0.328 e. The van der Waals surface area contributed by atoms with Gasteiger partial charge in [0.2, 0.25) is 11.8 Å². The van der Waals surface area contributed by atoms with E-state index in [1.807, 2.05) is 0 Å². The fraction of sp³-hybridized carbons (Fsp3) is 0.769. The summed E-state index contributed by atoms with van der Waals surface area (Å²) >= 11 is 0. The van der Waals surface area contributed by atoms with Crippen molar-refractivity contribution in [1.29, 1.82) is 0 Å². The molecule has 0 heterocycles. The summed E-state index contributed by atoms with van der Waals surface area (Å²) in [5.74, 6) is -0.872. The predicted molar refractivity (Wildman–Crippen MR) is 71.3 cm³/mol. The second kappa shape index (κ2) is 7.76. The van der Waals surface area contributed by atoms with E-state index in [9.17, 15) is 14.4 Å². The molecule has 0 aliphatic heterocycles. The van der Waals surface area contributed by atoms with Gasteiger partial charge in [0.1, 0.15) is 6.04 Å². The summed E-state index contributed by atoms with van der Waals surface area (Å²) in [7, 11) is 0. The first-order valence-corrected chi connectivity index (χ1v) is 6.42. The minimum absolute atomic E-state index is 0.112. The molecule has 0 aromatic carbocycles. The zero-order valence-electron chi connectivity index (χ0n) is 12.3. The Balaban J connectivity index is 3.94. The van der Waals surface area contributed by atoms with Crippen molar-refractivity contribution < 1.29 is 19.1 Å². The molecule has 0 saturated heterocycles. The maximum Gasteiger partial charge on any atom is 0.328 e. The highest BCUT2D eigenvalue weighted by molar-refractivity contribution is 5.85. The van der Waals surface area contributed by atoms with Crippen LogP contribution in [0, 0.1) is 5.41 Å². The topological polar surface area (TPSA) is 84.5 Å². The summed E-state index contributed by atoms with van der Waals surface area (Å²) in [4.78, 5) is 34.4. The van der Waals surface area contributed by atoms with Crippen molar-refractivity contribution in [3.63, 3.8) is 0 Å². The molecule has 0 radical (unpaired) electrons. The van der Waals surface area contributed by atoms with Gasteiger partial charge in [0.25, 0.3) is 0 Å². The standard InChI is InChI=1S/C13H24N2O4/c1-6-19-11(17)9(2)15-10(16)7-8-14-12(18)13(3,4)5/h9H,6-8H2,1-5H3,(H,14,18)(H,15,16). The van der Waals surface area contributed by atoms with E-state index in [-0.39, 0.29) is 31.4 Å². The second-order valence-electron chi connectivity index (χ2n) is 5.30. The van der Waals surface area contributed by atoms with Crippen molar-refractivity contribution in [1.82, 2.24) is 10.6 Å². The van der Waals surface area contributed by atoms with Crippen LogP contribution in [0.15, 0.2) is 0 Å². The Kier molecular flexibility index (Phi) is 7.11. The summed E-state index contributed by atoms with van der Waals surface area (Å²) < 4.78 is 4.77. The summed E-state index contributed by atoms with van der Waals surface area (Å²) in [5, 5.41) is 5.18. The molecule has 2 amide bonds. The van der Waals surface area contributed by atoms with Gasteiger partial charge in [0.05, 0.1) is 6.61 Å². The van der Waals surface area contributed by atoms with Gasteiger partial charge in [-0.1, -0.05) is 20.8 Å². The normalized spacial score (nSPS) is 12.5. The molecule has 0 bridgehead atoms. The lowest BCUT2D eigenvalue weighted by Gasteiger charge is -2.17. The first-order chi connectivity index (χ1) is 8.68. The summed E-state index contributed by atoms with van der Waals surface area (Å²) in [6.07, 6.45) is 0.131. The molecule has 0 rings (SSSR count). The van der Waals surface area contributed by atoms with E-state index in [0.29, 0.717) is 0 Å². The summed E-state index contributed by atoms with van der Waals surface area (Å²) in [5.41, 5.74) is -0.477. The van der Waals surface area contributed by atoms with Crippen molar-refractivity contribution in [3.8, 4) is 0 Å². The number of ether oxygens (including phenoxy) is 1. The van der Waals surface area contributed by atoms with Crippen LogP contribution in [0.25, 0.3) is 0 Å². The Labute approximate surface area is 114 Å². The van der Waals surface area contributed by atoms with Crippen LogP contribution in [-0.2, 0) is 19.1 Å². The fourth-order valence-electron chi connectivity index (χ4n) is 1.19. The van der Waals surface area contributed by atoms with Crippen LogP contribution in [0.3, 0.4) is 0 Å². The van der Waals surface area contributed by atoms with Crippen LogP contribution < -0.4 is 10.6 Å². The third kappa shape index (κ3) is 7.43. The minimum atomic E-state index is -0.675. The average molecular weight is 272 g/mol. The Morgan fingerprint density at radius 3 is 2.26 bits per heavy atom. The number of esters is 1. The first-order valence-electron chi connectivity index (χ1n) is 6.42. The monoisotopic (exact) mass is 272 g/mol. The van der Waals surface area contributed by atoms with Crippen LogP contribution in [0.1, 0.15) is 41.0 Å². The fourth-order valence-corrected chi connectivity index (χ4v) is 1.19. The molecule has 0 aliphatic rings. The SMILES string of the molecule is CCOC(=O)C(C)NC(=O)CCNC(=O)C(C)(C)C. The average Bonchev–Trinajstić information content (AvgIpc) is 2.27. The Morgan fingerprint density at radius 1 is 1.21 bits per heavy atom. The van der Waals surface area contributed by atoms with E-state index >= 15 is 0 Å². The molecule has 0 aromatic heterocycles. The van der Waals surface area contributed by atoms with Crippen molar-refractivity contribution in [2.24, 2.45) is 5.41 Å². The molecular formula is C13H24N2O4. The molecule has 1 unspecified atom stereocenters. The highest BCUT2D eigenvalue weighted by atomic mass is 16.5. The molecule has 110 valence electrons. The van der Waals surface area contributed by atoms with E-state index in [1.165, 1.54) is 0 Å². The lowest BCUT2D eigenvalue weighted by Crippen LogP contribution is -2.42. The van der Waals surface area contributed by atoms with Gasteiger partial charge < -0.3 is 15.4 Å². The van der Waals surface area contributed by atoms with Crippen LogP contribution in [0.5, 0.6) is 0 Å². The third-order valence-corrected chi connectivity index (χ3v) is 2.34. The molecule has 1 atom stereocenters. The van der Waals surface area contributed by atoms with Gasteiger partial charge >= 0.3 is 5.97 Å². The molecule has 2 N–H and O–H groups in total. The zero-order chi connectivity index (χ0) is 15.1. The van der Waals surface area contributed by atoms with Crippen molar-refractivity contribution in [2.45, 2.75) is 47.1 Å². The van der Waals surface area contributed by atoms with Gasteiger partial charge in [-0.25, -0.2) is 4.79 Å². The zero-order valence-corrected chi connectivity index (χ0v) is 12.3. The lowest BCUT2D eigenvalue weighted by atomic mass is 9.96. The molecule has 19 heavy (non-hydrogen) atoms. The number of carbonyl (C=O) groups excluding carboxylic acids is 3. The van der Waals surface area contributed by atoms with Gasteiger partial charge in [0, 0.05) is 18.4 Å². The van der Waals surface area contributed by atoms with Crippen molar-refractivity contribution >= 4 is 17.8 Å². The van der Waals surface area contributed by atoms with E-state index < -0.39 is 17.4 Å². The van der Waals surface area contributed by atoms with Crippen molar-refractivity contribution in [2.75, 3.05) is 13.2 Å². The molecule has 0 aliphatic carbocycles. The van der Waals surface area contributed by atoms with Crippen LogP contribution in [0.4, 0.5) is 0 Å². The van der Waals surface area contributed by atoms with E-state index in [2.05, 4.69) is 10.6 Å². The van der Waals surface area contributed by atoms with Crippen LogP contribution >= 0.6 is 0 Å². The largest absolute Gasteiger partial charge is 0.464 e. The maximum atomic E-state index is 11.5. The number of amides is 2. The number of rotatable bonds is 6. The summed E-state index contributed by atoms with van der Waals surface area (Å²) in [6, 6.07) is -0.675. The van der Waals surface area contributed by atoms with E-state index in [1.54, 1.807) is 34.6 Å². The second-order valence-corrected chi connectivity index (χ2v) is 5.30. The highest BCUT2D eigenvalue weighted by Gasteiger charge is 2.21. The summed E-state index contributed by atoms with van der Waals surface area (Å²) in [6.45, 7) is 9.18. The number of carbonyl (C=O) groups is 3. The Morgan fingerprint density at radius 2 is 1.79 bits per heavy atom. The Bertz CT molecular complexity index is 334. The van der Waals surface area contributed by atoms with E-state index in [4.69, 9.17) is 4.74 Å². The predicted octanol–water partition coefficient (Wildman–Crippen LogP) is 0.607. The Hall–Kier alpha value is -1.59. The molecular weight excluding hydrogens is 248 g/mol. The van der Waals surface area contributed by atoms with Gasteiger partial charge in [-0.2, -0.15) is 0 Å². The highest BCUT2D eigenvalue weighted by Crippen LogP contribution is 2.11. The number of hydrogen-bond acceptors (Lipinski definition) is 4. The van der Waals surface area contributed by atoms with Gasteiger partial charge in [-0.3, -0.25) is 9.59 Å². The van der Waals surface area contributed by atoms with Gasteiger partial charge in [-0.05, 0) is 13.8 Å². The van der Waals surface area contributed by atoms with Gasteiger partial charge in [-0.15, -0.1) is 0 Å². The molecule has 0 spiro atoms. The maximum absolute atomic E-state index is 11.5. The molecule has 0 fully saturated rings. The molecule has 0 aromatic rings. The number of hydrogen-bond donors (Lipinski definition) is 2. The van der Waals surface area contributed by atoms with Gasteiger partial charge in [0.15, 0.2) is 0 Å². The lowest BCUT2D eigenvalue weighted by molar-refractivity contribution is -0.146. The molecule has 6 nitrogen and oxygen atoms in total. The molecule has 6 heteroatoms. The van der Waals surface area contributed by atoms with Crippen LogP contribution in [0.2, 0.25) is 0 Å². The number of nitrogens with one attached hydrogen (secondary N) is 2. The van der Waals surface area contributed by atoms with E-state index in [0.717, 1.165) is 0 Å². The van der Waals surface area contributed by atoms with Crippen molar-refractivity contribution in [3.05, 3.63) is 0 Å². The minimum Gasteiger partial charge on any atom is -0.464 e. The molecule has 0 saturated carbocycles. The third-order valence-electron chi connectivity index (χ3n) is 2.34. The van der Waals surface area contributed by atoms with Crippen LogP contribution in [-0.4, -0.2) is 37.0 Å².